The Morgan fingerprint density at radius 2 is 1.17 bits per heavy atom. The molecular weight excluding hydrogens is 158 g/mol. The van der Waals surface area contributed by atoms with E-state index in [1.54, 1.807) is 0 Å². The lowest BCUT2D eigenvalue weighted by molar-refractivity contribution is -0.123. The summed E-state index contributed by atoms with van der Waals surface area (Å²) in [7, 11) is 6.00. The van der Waals surface area contributed by atoms with E-state index in [9.17, 15) is 9.59 Å². The molecule has 0 spiro atoms. The molecule has 0 rings (SSSR count). The summed E-state index contributed by atoms with van der Waals surface area (Å²) in [6, 6.07) is 0. The number of nitrogens with zero attached hydrogens (tertiary/aromatic N) is 1. The minimum atomic E-state index is -0.496. The van der Waals surface area contributed by atoms with Crippen molar-refractivity contribution in [2.24, 2.45) is 11.5 Å². The topological polar surface area (TPSA) is 89.4 Å². The van der Waals surface area contributed by atoms with Crippen LogP contribution < -0.4 is 11.5 Å². The first kappa shape index (κ1) is 13.5. The predicted molar refractivity (Wildman–Crippen MR) is 47.2 cm³/mol. The molecular formula is C7H17N3O2. The van der Waals surface area contributed by atoms with Crippen LogP contribution >= 0.6 is 0 Å². The minimum absolute atomic E-state index is 0.0509. The summed E-state index contributed by atoms with van der Waals surface area (Å²) in [6.07, 6.45) is 0.102. The number of nitrogens with two attached hydrogens (primary N) is 2. The van der Waals surface area contributed by atoms with Crippen LogP contribution in [-0.4, -0.2) is 37.9 Å². The lowest BCUT2D eigenvalue weighted by Gasteiger charge is -1.90. The average molecular weight is 175 g/mol. The molecule has 0 fully saturated rings. The number of primary amides is 2. The molecule has 0 saturated heterocycles. The van der Waals surface area contributed by atoms with Crippen LogP contribution in [0.15, 0.2) is 0 Å². The van der Waals surface area contributed by atoms with E-state index >= 15 is 0 Å². The molecule has 0 heterocycles. The van der Waals surface area contributed by atoms with Gasteiger partial charge >= 0.3 is 0 Å². The van der Waals surface area contributed by atoms with Crippen LogP contribution in [0.1, 0.15) is 12.8 Å². The van der Waals surface area contributed by atoms with Gasteiger partial charge in [-0.2, -0.15) is 0 Å². The molecule has 0 radical (unpaired) electrons. The molecule has 4 N–H and O–H groups in total. The van der Waals surface area contributed by atoms with E-state index in [1.807, 2.05) is 26.0 Å². The Kier molecular flexibility index (Phi) is 8.99. The Bertz CT molecular complexity index is 129. The van der Waals surface area contributed by atoms with Crippen LogP contribution in [0.5, 0.6) is 0 Å². The van der Waals surface area contributed by atoms with Gasteiger partial charge in [0.25, 0.3) is 0 Å². The van der Waals surface area contributed by atoms with Crippen LogP contribution in [0.4, 0.5) is 0 Å². The number of carbonyl (C=O) groups excluding carboxylic acids is 2. The third kappa shape index (κ3) is 36.5. The van der Waals surface area contributed by atoms with Gasteiger partial charge in [0.15, 0.2) is 0 Å². The smallest absolute Gasteiger partial charge is 0.217 e. The zero-order valence-electron chi connectivity index (χ0n) is 7.83. The van der Waals surface area contributed by atoms with Crippen molar-refractivity contribution in [2.75, 3.05) is 21.1 Å². The molecule has 72 valence electrons. The van der Waals surface area contributed by atoms with Crippen molar-refractivity contribution in [1.29, 1.82) is 0 Å². The largest absolute Gasteiger partial charge is 0.370 e. The van der Waals surface area contributed by atoms with Gasteiger partial charge in [0.05, 0.1) is 0 Å². The summed E-state index contributed by atoms with van der Waals surface area (Å²) in [5.74, 6) is -0.993. The normalized spacial score (nSPS) is 8.67. The molecule has 0 bridgehead atoms. The van der Waals surface area contributed by atoms with E-state index in [4.69, 9.17) is 11.5 Å². The number of carbonyl (C=O) groups is 2. The summed E-state index contributed by atoms with van der Waals surface area (Å²) < 4.78 is 0. The summed E-state index contributed by atoms with van der Waals surface area (Å²) in [6.45, 7) is 0. The summed E-state index contributed by atoms with van der Waals surface area (Å²) >= 11 is 0. The SMILES string of the molecule is CN(C)C.NC(=O)CCC(N)=O. The third-order valence-electron chi connectivity index (χ3n) is 0.618. The monoisotopic (exact) mass is 175 g/mol. The van der Waals surface area contributed by atoms with Crippen molar-refractivity contribution < 1.29 is 9.59 Å². The van der Waals surface area contributed by atoms with E-state index in [0.29, 0.717) is 0 Å². The number of hydrogen-bond donors (Lipinski definition) is 2. The van der Waals surface area contributed by atoms with Crippen molar-refractivity contribution in [1.82, 2.24) is 4.90 Å². The highest BCUT2D eigenvalue weighted by atomic mass is 16.2. The van der Waals surface area contributed by atoms with Gasteiger partial charge in [-0.3, -0.25) is 9.59 Å². The van der Waals surface area contributed by atoms with Crippen LogP contribution in [-0.2, 0) is 9.59 Å². The Hall–Kier alpha value is -1.10. The molecule has 0 aliphatic heterocycles. The first-order valence-corrected chi connectivity index (χ1v) is 3.53. The lowest BCUT2D eigenvalue weighted by atomic mass is 10.3. The minimum Gasteiger partial charge on any atom is -0.370 e. The quantitative estimate of drug-likeness (QED) is 0.571. The maximum atomic E-state index is 9.92. The van der Waals surface area contributed by atoms with Gasteiger partial charge in [-0.05, 0) is 21.1 Å². The lowest BCUT2D eigenvalue weighted by Crippen LogP contribution is -2.16. The molecule has 0 aromatic carbocycles. The molecule has 5 heteroatoms. The second-order valence-corrected chi connectivity index (χ2v) is 2.77. The maximum absolute atomic E-state index is 9.92. The molecule has 0 aromatic heterocycles. The van der Waals surface area contributed by atoms with Crippen molar-refractivity contribution in [2.45, 2.75) is 12.8 Å². The van der Waals surface area contributed by atoms with Gasteiger partial charge in [0.1, 0.15) is 0 Å². The number of amides is 2. The van der Waals surface area contributed by atoms with Crippen LogP contribution in [0.2, 0.25) is 0 Å². The van der Waals surface area contributed by atoms with Gasteiger partial charge in [-0.1, -0.05) is 0 Å². The maximum Gasteiger partial charge on any atom is 0.217 e. The van der Waals surface area contributed by atoms with Gasteiger partial charge in [-0.15, -0.1) is 0 Å². The predicted octanol–water partition coefficient (Wildman–Crippen LogP) is -1.08. The Balaban J connectivity index is 0. The van der Waals surface area contributed by atoms with E-state index in [0.717, 1.165) is 0 Å². The fourth-order valence-corrected chi connectivity index (χ4v) is 0.246. The van der Waals surface area contributed by atoms with Gasteiger partial charge in [0.2, 0.25) is 11.8 Å². The molecule has 0 aromatic rings. The highest BCUT2D eigenvalue weighted by Gasteiger charge is 1.96. The van der Waals surface area contributed by atoms with E-state index < -0.39 is 11.8 Å². The number of hydrogen-bond acceptors (Lipinski definition) is 3. The standard InChI is InChI=1S/C4H8N2O2.C3H9N/c5-3(7)1-2-4(6)8;1-4(2)3/h1-2H2,(H2,5,7)(H2,6,8);1-3H3. The summed E-state index contributed by atoms with van der Waals surface area (Å²) in [4.78, 5) is 21.8. The van der Waals surface area contributed by atoms with Crippen molar-refractivity contribution in [3.05, 3.63) is 0 Å². The van der Waals surface area contributed by atoms with Crippen molar-refractivity contribution >= 4 is 11.8 Å². The van der Waals surface area contributed by atoms with Crippen LogP contribution in [0.25, 0.3) is 0 Å². The average Bonchev–Trinajstić information content (AvgIpc) is 1.82. The summed E-state index contributed by atoms with van der Waals surface area (Å²) in [5.41, 5.74) is 9.39. The van der Waals surface area contributed by atoms with Crippen molar-refractivity contribution in [3.63, 3.8) is 0 Å². The molecule has 12 heavy (non-hydrogen) atoms. The molecule has 0 aliphatic carbocycles. The second kappa shape index (κ2) is 8.00. The second-order valence-electron chi connectivity index (χ2n) is 2.77. The Labute approximate surface area is 72.7 Å². The molecule has 0 saturated carbocycles. The Morgan fingerprint density at radius 1 is 1.00 bits per heavy atom. The first-order valence-electron chi connectivity index (χ1n) is 3.53. The highest BCUT2D eigenvalue weighted by molar-refractivity contribution is 5.81. The van der Waals surface area contributed by atoms with Crippen LogP contribution in [0, 0.1) is 0 Å². The van der Waals surface area contributed by atoms with Gasteiger partial charge < -0.3 is 16.4 Å². The van der Waals surface area contributed by atoms with Gasteiger partial charge in [-0.25, -0.2) is 0 Å². The third-order valence-corrected chi connectivity index (χ3v) is 0.618. The highest BCUT2D eigenvalue weighted by Crippen LogP contribution is 1.82. The number of rotatable bonds is 3. The van der Waals surface area contributed by atoms with Gasteiger partial charge in [0, 0.05) is 12.8 Å². The molecule has 0 atom stereocenters. The molecule has 2 amide bonds. The zero-order valence-corrected chi connectivity index (χ0v) is 7.83. The molecule has 0 aliphatic rings. The van der Waals surface area contributed by atoms with E-state index in [2.05, 4.69) is 0 Å². The van der Waals surface area contributed by atoms with E-state index in [-0.39, 0.29) is 12.8 Å². The van der Waals surface area contributed by atoms with E-state index in [1.165, 1.54) is 0 Å². The first-order chi connectivity index (χ1) is 5.36. The van der Waals surface area contributed by atoms with Crippen molar-refractivity contribution in [3.8, 4) is 0 Å². The molecule has 5 nitrogen and oxygen atoms in total. The fraction of sp³-hybridized carbons (Fsp3) is 0.714. The van der Waals surface area contributed by atoms with Crippen LogP contribution in [0.3, 0.4) is 0 Å². The molecule has 0 unspecified atom stereocenters. The fourth-order valence-electron chi connectivity index (χ4n) is 0.246. The summed E-state index contributed by atoms with van der Waals surface area (Å²) in [5, 5.41) is 0. The Morgan fingerprint density at radius 3 is 1.25 bits per heavy atom. The zero-order chi connectivity index (χ0) is 10.1.